The van der Waals surface area contributed by atoms with E-state index >= 15 is 0 Å². The van der Waals surface area contributed by atoms with Crippen molar-refractivity contribution >= 4 is 14.4 Å². The van der Waals surface area contributed by atoms with Gasteiger partial charge in [0, 0.05) is 6.54 Å². The van der Waals surface area contributed by atoms with Crippen molar-refractivity contribution in [1.82, 2.24) is 5.32 Å². The minimum atomic E-state index is -1.72. The molecular formula is C13H29NO3Si. The van der Waals surface area contributed by atoms with Crippen molar-refractivity contribution in [2.24, 2.45) is 0 Å². The first kappa shape index (κ1) is 17.4. The van der Waals surface area contributed by atoms with Crippen LogP contribution in [0.4, 0.5) is 4.79 Å². The highest BCUT2D eigenvalue weighted by Crippen LogP contribution is 2.36. The molecule has 5 heteroatoms. The Morgan fingerprint density at radius 1 is 1.11 bits per heavy atom. The van der Waals surface area contributed by atoms with Crippen molar-refractivity contribution in [1.29, 1.82) is 0 Å². The minimum absolute atomic E-state index is 0.193. The van der Waals surface area contributed by atoms with Gasteiger partial charge in [0.05, 0.1) is 6.61 Å². The lowest BCUT2D eigenvalue weighted by molar-refractivity contribution is 0.0519. The van der Waals surface area contributed by atoms with E-state index in [9.17, 15) is 4.79 Å². The quantitative estimate of drug-likeness (QED) is 0.630. The van der Waals surface area contributed by atoms with Gasteiger partial charge >= 0.3 is 6.09 Å². The highest BCUT2D eigenvalue weighted by Gasteiger charge is 2.36. The maximum atomic E-state index is 11.4. The van der Waals surface area contributed by atoms with Crippen LogP contribution in [0.2, 0.25) is 18.1 Å². The normalized spacial score (nSPS) is 13.3. The molecule has 0 unspecified atom stereocenters. The third kappa shape index (κ3) is 7.01. The number of hydrogen-bond acceptors (Lipinski definition) is 3. The summed E-state index contributed by atoms with van der Waals surface area (Å²) in [6.45, 7) is 17.5. The van der Waals surface area contributed by atoms with Gasteiger partial charge in [-0.1, -0.05) is 20.8 Å². The van der Waals surface area contributed by atoms with E-state index in [-0.39, 0.29) is 11.1 Å². The first-order valence-corrected chi connectivity index (χ1v) is 9.37. The van der Waals surface area contributed by atoms with E-state index in [1.54, 1.807) is 0 Å². The lowest BCUT2D eigenvalue weighted by Crippen LogP contribution is -2.43. The Morgan fingerprint density at radius 2 is 1.61 bits per heavy atom. The standard InChI is InChI=1S/C13H29NO3Si/c1-12(2,3)17-11(15)14-9-10-16-18(7,8)13(4,5)6/h9-10H2,1-8H3,(H,14,15). The zero-order valence-corrected chi connectivity index (χ0v) is 14.1. The van der Waals surface area contributed by atoms with Gasteiger partial charge in [-0.05, 0) is 38.9 Å². The Morgan fingerprint density at radius 3 is 2.00 bits per heavy atom. The van der Waals surface area contributed by atoms with Gasteiger partial charge in [0.2, 0.25) is 0 Å². The number of hydrogen-bond donors (Lipinski definition) is 1. The molecule has 0 aliphatic rings. The van der Waals surface area contributed by atoms with E-state index in [4.69, 9.17) is 9.16 Å². The molecule has 0 aromatic heterocycles. The zero-order chi connectivity index (χ0) is 14.6. The van der Waals surface area contributed by atoms with Gasteiger partial charge in [0.25, 0.3) is 0 Å². The molecule has 0 spiro atoms. The van der Waals surface area contributed by atoms with Crippen LogP contribution in [0.25, 0.3) is 0 Å². The second-order valence-corrected chi connectivity index (χ2v) is 11.8. The molecule has 0 aliphatic heterocycles. The second kappa shape index (κ2) is 6.06. The van der Waals surface area contributed by atoms with Gasteiger partial charge in [-0.3, -0.25) is 0 Å². The maximum absolute atomic E-state index is 11.4. The van der Waals surface area contributed by atoms with E-state index in [0.29, 0.717) is 13.2 Å². The zero-order valence-electron chi connectivity index (χ0n) is 13.1. The summed E-state index contributed by atoms with van der Waals surface area (Å²) >= 11 is 0. The molecule has 0 rings (SSSR count). The van der Waals surface area contributed by atoms with Crippen molar-refractivity contribution in [3.8, 4) is 0 Å². The van der Waals surface area contributed by atoms with Gasteiger partial charge in [-0.15, -0.1) is 0 Å². The Bertz CT molecular complexity index is 277. The fourth-order valence-electron chi connectivity index (χ4n) is 0.990. The van der Waals surface area contributed by atoms with Gasteiger partial charge in [0.15, 0.2) is 8.32 Å². The number of alkyl carbamates (subject to hydrolysis) is 1. The van der Waals surface area contributed by atoms with Crippen molar-refractivity contribution in [2.45, 2.75) is 65.3 Å². The lowest BCUT2D eigenvalue weighted by Gasteiger charge is -2.36. The molecular weight excluding hydrogens is 246 g/mol. The van der Waals surface area contributed by atoms with Crippen molar-refractivity contribution in [3.05, 3.63) is 0 Å². The summed E-state index contributed by atoms with van der Waals surface area (Å²) in [4.78, 5) is 11.4. The summed E-state index contributed by atoms with van der Waals surface area (Å²) in [6, 6.07) is 0. The first-order valence-electron chi connectivity index (χ1n) is 6.46. The molecule has 0 atom stereocenters. The molecule has 0 heterocycles. The first-order chi connectivity index (χ1) is 7.85. The van der Waals surface area contributed by atoms with E-state index in [2.05, 4.69) is 39.2 Å². The Labute approximate surface area is 113 Å². The van der Waals surface area contributed by atoms with E-state index in [1.165, 1.54) is 0 Å². The summed E-state index contributed by atoms with van der Waals surface area (Å²) in [6.07, 6.45) is -0.388. The van der Waals surface area contributed by atoms with Crippen LogP contribution in [-0.2, 0) is 9.16 Å². The molecule has 1 amide bonds. The SMILES string of the molecule is CC(C)(C)OC(=O)NCCO[Si](C)(C)C(C)(C)C. The molecule has 0 aromatic carbocycles. The van der Waals surface area contributed by atoms with E-state index in [0.717, 1.165) is 0 Å². The van der Waals surface area contributed by atoms with Crippen molar-refractivity contribution in [2.75, 3.05) is 13.2 Å². The van der Waals surface area contributed by atoms with Crippen molar-refractivity contribution in [3.63, 3.8) is 0 Å². The third-order valence-electron chi connectivity index (χ3n) is 3.04. The Balaban J connectivity index is 3.92. The molecule has 0 aromatic rings. The topological polar surface area (TPSA) is 47.6 Å². The average Bonchev–Trinajstić information content (AvgIpc) is 2.07. The second-order valence-electron chi connectivity index (χ2n) is 7.04. The third-order valence-corrected chi connectivity index (χ3v) is 7.58. The van der Waals surface area contributed by atoms with Crippen LogP contribution in [0.1, 0.15) is 41.5 Å². The molecule has 0 fully saturated rings. The smallest absolute Gasteiger partial charge is 0.407 e. The van der Waals surface area contributed by atoms with Crippen LogP contribution in [-0.4, -0.2) is 33.2 Å². The summed E-state index contributed by atoms with van der Waals surface area (Å²) in [5.41, 5.74) is -0.454. The van der Waals surface area contributed by atoms with E-state index in [1.807, 2.05) is 20.8 Å². The molecule has 18 heavy (non-hydrogen) atoms. The van der Waals surface area contributed by atoms with Gasteiger partial charge in [-0.2, -0.15) is 0 Å². The highest BCUT2D eigenvalue weighted by atomic mass is 28.4. The number of rotatable bonds is 4. The molecule has 0 aliphatic carbocycles. The van der Waals surface area contributed by atoms with Crippen LogP contribution in [0.5, 0.6) is 0 Å². The number of ether oxygens (including phenoxy) is 1. The van der Waals surface area contributed by atoms with Crippen LogP contribution >= 0.6 is 0 Å². The van der Waals surface area contributed by atoms with E-state index < -0.39 is 13.9 Å². The summed E-state index contributed by atoms with van der Waals surface area (Å²) < 4.78 is 11.1. The molecule has 0 radical (unpaired) electrons. The lowest BCUT2D eigenvalue weighted by atomic mass is 10.2. The fraction of sp³-hybridized carbons (Fsp3) is 0.923. The Kier molecular flexibility index (Phi) is 5.87. The molecule has 4 nitrogen and oxygen atoms in total. The fourth-order valence-corrected chi connectivity index (χ4v) is 2.04. The number of carbonyl (C=O) groups is 1. The van der Waals surface area contributed by atoms with Gasteiger partial charge in [0.1, 0.15) is 5.60 Å². The highest BCUT2D eigenvalue weighted by molar-refractivity contribution is 6.74. The maximum Gasteiger partial charge on any atom is 0.407 e. The molecule has 1 N–H and O–H groups in total. The molecule has 108 valence electrons. The van der Waals surface area contributed by atoms with Crippen LogP contribution in [0, 0.1) is 0 Å². The van der Waals surface area contributed by atoms with Crippen LogP contribution < -0.4 is 5.32 Å². The number of amides is 1. The average molecular weight is 275 g/mol. The monoisotopic (exact) mass is 275 g/mol. The molecule has 0 saturated heterocycles. The minimum Gasteiger partial charge on any atom is -0.444 e. The summed E-state index contributed by atoms with van der Waals surface area (Å²) in [5.74, 6) is 0. The van der Waals surface area contributed by atoms with Crippen LogP contribution in [0.15, 0.2) is 0 Å². The largest absolute Gasteiger partial charge is 0.444 e. The van der Waals surface area contributed by atoms with Gasteiger partial charge in [-0.25, -0.2) is 4.79 Å². The predicted molar refractivity (Wildman–Crippen MR) is 77.4 cm³/mol. The van der Waals surface area contributed by atoms with Gasteiger partial charge < -0.3 is 14.5 Å². The number of nitrogens with one attached hydrogen (secondary N) is 1. The molecule has 0 bridgehead atoms. The molecule has 0 saturated carbocycles. The summed E-state index contributed by atoms with van der Waals surface area (Å²) in [7, 11) is -1.72. The van der Waals surface area contributed by atoms with Crippen LogP contribution in [0.3, 0.4) is 0 Å². The predicted octanol–water partition coefficient (Wildman–Crippen LogP) is 3.53. The summed E-state index contributed by atoms with van der Waals surface area (Å²) in [5, 5.41) is 2.89. The van der Waals surface area contributed by atoms with Crippen molar-refractivity contribution < 1.29 is 14.0 Å². The Hall–Kier alpha value is -0.553. The number of carbonyl (C=O) groups excluding carboxylic acids is 1.